The smallest absolute Gasteiger partial charge is 0.284 e. The summed E-state index contributed by atoms with van der Waals surface area (Å²) in [7, 11) is 0. The molecule has 0 aliphatic heterocycles. The molecule has 0 aromatic carbocycles. The molecule has 4 atom stereocenters. The maximum atomic E-state index is 9.68. The van der Waals surface area contributed by atoms with Crippen molar-refractivity contribution in [3.05, 3.63) is 24.4 Å². The number of alkyl halides is 1. The average Bonchev–Trinajstić information content (AvgIpc) is 2.85. The van der Waals surface area contributed by atoms with Crippen LogP contribution in [0.5, 0.6) is 0 Å². The van der Waals surface area contributed by atoms with Gasteiger partial charge in [0, 0.05) is 27.5 Å². The Balaban J connectivity index is 1.78. The number of rotatable bonds is 2. The Morgan fingerprint density at radius 2 is 2.12 bits per heavy atom. The summed E-state index contributed by atoms with van der Waals surface area (Å²) in [5, 5.41) is 11.3. The Bertz CT molecular complexity index is 398. The van der Waals surface area contributed by atoms with Gasteiger partial charge < -0.3 is 0 Å². The fraction of sp³-hybridized carbons (Fsp3) is 0.583. The molecule has 0 spiro atoms. The van der Waals surface area contributed by atoms with Crippen molar-refractivity contribution >= 4 is 23.4 Å². The lowest BCUT2D eigenvalue weighted by molar-refractivity contribution is -0.932. The van der Waals surface area contributed by atoms with Crippen LogP contribution in [0.1, 0.15) is 19.3 Å². The Hall–Kier alpha value is -0.410. The summed E-state index contributed by atoms with van der Waals surface area (Å²) < 4.78 is 1.19. The zero-order valence-corrected chi connectivity index (χ0v) is 10.5. The maximum Gasteiger partial charge on any atom is 0.291 e. The molecule has 0 saturated heterocycles. The van der Waals surface area contributed by atoms with Gasteiger partial charge in [-0.15, -0.1) is 11.6 Å². The summed E-state index contributed by atoms with van der Waals surface area (Å²) in [6.07, 6.45) is 5.55. The van der Waals surface area contributed by atoms with E-state index in [1.807, 2.05) is 18.2 Å². The summed E-state index contributed by atoms with van der Waals surface area (Å²) >= 11 is 8.20. The number of pyridine rings is 1. The Morgan fingerprint density at radius 3 is 2.81 bits per heavy atom. The summed E-state index contributed by atoms with van der Waals surface area (Å²) in [6.45, 7) is 0. The van der Waals surface area contributed by atoms with Crippen molar-refractivity contribution in [2.75, 3.05) is 0 Å². The molecule has 86 valence electrons. The summed E-state index contributed by atoms with van der Waals surface area (Å²) in [5.74, 6) is 1.46. The van der Waals surface area contributed by atoms with E-state index in [1.165, 1.54) is 24.0 Å². The van der Waals surface area contributed by atoms with Crippen LogP contribution in [0.2, 0.25) is 0 Å². The topological polar surface area (TPSA) is 24.1 Å². The zero-order chi connectivity index (χ0) is 11.1. The molecule has 1 aromatic heterocycles. The number of hydrogen-bond acceptors (Lipinski definition) is 2. The quantitative estimate of drug-likeness (QED) is 0.500. The van der Waals surface area contributed by atoms with Gasteiger partial charge in [-0.25, -0.2) is 0 Å². The van der Waals surface area contributed by atoms with E-state index in [0.717, 1.165) is 10.9 Å². The molecule has 0 radical (unpaired) electrons. The van der Waals surface area contributed by atoms with E-state index in [-0.39, 0.29) is 5.38 Å². The molecule has 16 heavy (non-hydrogen) atoms. The number of thioether (sulfide) groups is 1. The molecule has 4 heteroatoms. The molecule has 0 unspecified atom stereocenters. The molecule has 0 amide bonds. The first-order valence-corrected chi connectivity index (χ1v) is 7.08. The van der Waals surface area contributed by atoms with E-state index in [0.29, 0.717) is 11.2 Å². The van der Waals surface area contributed by atoms with Crippen LogP contribution in [-0.4, -0.2) is 15.8 Å². The maximum absolute atomic E-state index is 9.68. The SMILES string of the molecule is O[n+]1ccccc1S[C@H]1[C@@H]2CC[C@@H](C2)[C@H]1Cl. The van der Waals surface area contributed by atoms with Gasteiger partial charge in [-0.2, -0.15) is 0 Å². The molecule has 3 rings (SSSR count). The second kappa shape index (κ2) is 4.11. The van der Waals surface area contributed by atoms with Crippen molar-refractivity contribution in [2.45, 2.75) is 34.9 Å². The minimum atomic E-state index is 0.281. The Morgan fingerprint density at radius 1 is 1.31 bits per heavy atom. The van der Waals surface area contributed by atoms with Crippen molar-refractivity contribution in [3.8, 4) is 0 Å². The van der Waals surface area contributed by atoms with E-state index in [2.05, 4.69) is 0 Å². The van der Waals surface area contributed by atoms with E-state index >= 15 is 0 Å². The summed E-state index contributed by atoms with van der Waals surface area (Å²) in [4.78, 5) is 0. The van der Waals surface area contributed by atoms with Crippen LogP contribution < -0.4 is 4.73 Å². The van der Waals surface area contributed by atoms with Gasteiger partial charge in [0.1, 0.15) is 0 Å². The lowest BCUT2D eigenvalue weighted by Gasteiger charge is -2.24. The van der Waals surface area contributed by atoms with Crippen molar-refractivity contribution in [2.24, 2.45) is 11.8 Å². The van der Waals surface area contributed by atoms with Crippen molar-refractivity contribution in [3.63, 3.8) is 0 Å². The molecule has 2 fully saturated rings. The fourth-order valence-corrected chi connectivity index (χ4v) is 4.97. The van der Waals surface area contributed by atoms with Gasteiger partial charge in [-0.05, 0) is 48.9 Å². The molecule has 2 saturated carbocycles. The lowest BCUT2D eigenvalue weighted by Crippen LogP contribution is -2.34. The van der Waals surface area contributed by atoms with Crippen LogP contribution in [0, 0.1) is 11.8 Å². The largest absolute Gasteiger partial charge is 0.291 e. The second-order valence-corrected chi connectivity index (χ2v) is 6.45. The van der Waals surface area contributed by atoms with Gasteiger partial charge in [0.2, 0.25) is 6.20 Å². The molecular formula is C12H15ClNOS+. The van der Waals surface area contributed by atoms with Crippen molar-refractivity contribution < 1.29 is 9.94 Å². The monoisotopic (exact) mass is 256 g/mol. The highest BCUT2D eigenvalue weighted by molar-refractivity contribution is 7.99. The third-order valence-electron chi connectivity index (χ3n) is 3.80. The van der Waals surface area contributed by atoms with Gasteiger partial charge in [0.25, 0.3) is 5.03 Å². The van der Waals surface area contributed by atoms with E-state index in [4.69, 9.17) is 11.6 Å². The molecule has 1 aromatic rings. The third-order valence-corrected chi connectivity index (χ3v) is 6.09. The number of fused-ring (bicyclic) bond motifs is 2. The molecule has 2 nitrogen and oxygen atoms in total. The highest BCUT2D eigenvalue weighted by Gasteiger charge is 2.48. The minimum absolute atomic E-state index is 0.281. The Labute approximate surface area is 105 Å². The van der Waals surface area contributed by atoms with Crippen LogP contribution in [-0.2, 0) is 0 Å². The van der Waals surface area contributed by atoms with Gasteiger partial charge >= 0.3 is 0 Å². The first-order chi connectivity index (χ1) is 7.75. The predicted octanol–water partition coefficient (Wildman–Crippen LogP) is 2.71. The number of hydrogen-bond donors (Lipinski definition) is 1. The van der Waals surface area contributed by atoms with Gasteiger partial charge in [0.05, 0.1) is 0 Å². The van der Waals surface area contributed by atoms with Crippen LogP contribution in [0.3, 0.4) is 0 Å². The van der Waals surface area contributed by atoms with E-state index in [1.54, 1.807) is 18.0 Å². The second-order valence-electron chi connectivity index (χ2n) is 4.74. The van der Waals surface area contributed by atoms with E-state index < -0.39 is 0 Å². The highest BCUT2D eigenvalue weighted by Crippen LogP contribution is 2.52. The first kappa shape index (κ1) is 10.7. The zero-order valence-electron chi connectivity index (χ0n) is 8.92. The molecule has 2 aliphatic carbocycles. The third kappa shape index (κ3) is 1.70. The fourth-order valence-electron chi connectivity index (χ4n) is 2.98. The average molecular weight is 257 g/mol. The van der Waals surface area contributed by atoms with Gasteiger partial charge in [-0.3, -0.25) is 5.21 Å². The molecule has 2 aliphatic rings. The first-order valence-electron chi connectivity index (χ1n) is 5.76. The molecule has 2 bridgehead atoms. The van der Waals surface area contributed by atoms with Gasteiger partial charge in [-0.1, -0.05) is 0 Å². The van der Waals surface area contributed by atoms with Crippen LogP contribution in [0.4, 0.5) is 0 Å². The van der Waals surface area contributed by atoms with E-state index in [9.17, 15) is 5.21 Å². The minimum Gasteiger partial charge on any atom is -0.284 e. The lowest BCUT2D eigenvalue weighted by atomic mass is 10.00. The molecule has 1 heterocycles. The van der Waals surface area contributed by atoms with Crippen LogP contribution >= 0.6 is 23.4 Å². The number of aromatic nitrogens is 1. The standard InChI is InChI=1S/C12H15ClNOS/c13-11-8-4-5-9(7-8)12(11)16-10-3-1-2-6-14(10)15/h1-3,6,8-9,11-12,15H,4-5,7H2/q+1/t8-,9+,11+,12-/m0/s1. The molecular weight excluding hydrogens is 242 g/mol. The van der Waals surface area contributed by atoms with Gasteiger partial charge in [0.15, 0.2) is 0 Å². The normalized spacial score (nSPS) is 36.8. The van der Waals surface area contributed by atoms with Crippen molar-refractivity contribution in [1.82, 2.24) is 0 Å². The van der Waals surface area contributed by atoms with Crippen LogP contribution in [0.15, 0.2) is 29.4 Å². The highest BCUT2D eigenvalue weighted by atomic mass is 35.5. The summed E-state index contributed by atoms with van der Waals surface area (Å²) in [6, 6.07) is 5.72. The molecule has 1 N–H and O–H groups in total. The summed E-state index contributed by atoms with van der Waals surface area (Å²) in [5.41, 5.74) is 0. The predicted molar refractivity (Wildman–Crippen MR) is 63.9 cm³/mol. The van der Waals surface area contributed by atoms with Crippen LogP contribution in [0.25, 0.3) is 0 Å². The number of halogens is 1. The Kier molecular flexibility index (Phi) is 2.76. The van der Waals surface area contributed by atoms with Crippen molar-refractivity contribution in [1.29, 1.82) is 0 Å². The number of nitrogens with zero attached hydrogens (tertiary/aromatic N) is 1.